The van der Waals surface area contributed by atoms with Crippen molar-refractivity contribution in [3.05, 3.63) is 182 Å². The third kappa shape index (κ3) is 4.15. The third-order valence-corrected chi connectivity index (χ3v) is 9.46. The molecule has 0 aliphatic heterocycles. The molecule has 0 heteroatoms. The van der Waals surface area contributed by atoms with Crippen LogP contribution in [0.4, 0.5) is 0 Å². The van der Waals surface area contributed by atoms with E-state index in [1.807, 2.05) is 0 Å². The fourth-order valence-electron chi connectivity index (χ4n) is 7.48. The van der Waals surface area contributed by atoms with Crippen molar-refractivity contribution in [3.63, 3.8) is 0 Å². The quantitative estimate of drug-likeness (QED) is 0.181. The summed E-state index contributed by atoms with van der Waals surface area (Å²) in [6.07, 6.45) is 0. The molecule has 0 bridgehead atoms. The van der Waals surface area contributed by atoms with Crippen molar-refractivity contribution in [1.29, 1.82) is 0 Å². The largest absolute Gasteiger partial charge is 0.0622 e. The highest BCUT2D eigenvalue weighted by molar-refractivity contribution is 6.29. The molecule has 0 unspecified atom stereocenters. The SMILES string of the molecule is c1ccc(-c2ccc(-c3c4ccccc4c(-c4c5ccccc5c(-c5ccccc5)c5ccccc45)c4ccccc34)cc2)cc1. The standard InChI is InChI=1S/C46H30/c1-3-15-31(16-4-1)32-27-29-34(30-28-32)44-37-21-9-13-25-41(37)46(42-26-14-10-22-38(42)44)45-39-23-11-7-19-35(39)43(33-17-5-2-6-18-33)36-20-8-12-24-40(36)45/h1-30H. The first kappa shape index (κ1) is 26.4. The molecule has 0 amide bonds. The van der Waals surface area contributed by atoms with Crippen LogP contribution in [0.1, 0.15) is 0 Å². The number of fused-ring (bicyclic) bond motifs is 4. The van der Waals surface area contributed by atoms with Crippen LogP contribution in [0.15, 0.2) is 182 Å². The van der Waals surface area contributed by atoms with E-state index in [0.29, 0.717) is 0 Å². The Balaban J connectivity index is 1.40. The normalized spacial score (nSPS) is 11.5. The molecule has 0 saturated heterocycles. The molecule has 0 saturated carbocycles. The topological polar surface area (TPSA) is 0 Å². The van der Waals surface area contributed by atoms with Crippen LogP contribution >= 0.6 is 0 Å². The van der Waals surface area contributed by atoms with Crippen molar-refractivity contribution in [2.24, 2.45) is 0 Å². The van der Waals surface area contributed by atoms with Gasteiger partial charge in [0.05, 0.1) is 0 Å². The van der Waals surface area contributed by atoms with Gasteiger partial charge in [-0.2, -0.15) is 0 Å². The van der Waals surface area contributed by atoms with Crippen molar-refractivity contribution in [3.8, 4) is 44.5 Å². The Kier molecular flexibility index (Phi) is 6.25. The average molecular weight is 583 g/mol. The first-order valence-corrected chi connectivity index (χ1v) is 16.0. The van der Waals surface area contributed by atoms with Gasteiger partial charge in [-0.3, -0.25) is 0 Å². The zero-order valence-electron chi connectivity index (χ0n) is 25.3. The second-order valence-corrected chi connectivity index (χ2v) is 12.0. The van der Waals surface area contributed by atoms with Gasteiger partial charge in [-0.1, -0.05) is 182 Å². The highest BCUT2D eigenvalue weighted by atomic mass is 14.2. The van der Waals surface area contributed by atoms with Gasteiger partial charge in [0.1, 0.15) is 0 Å². The number of hydrogen-bond donors (Lipinski definition) is 0. The minimum atomic E-state index is 1.23. The van der Waals surface area contributed by atoms with E-state index in [-0.39, 0.29) is 0 Å². The summed E-state index contributed by atoms with van der Waals surface area (Å²) in [5, 5.41) is 10.2. The lowest BCUT2D eigenvalue weighted by Gasteiger charge is -2.22. The monoisotopic (exact) mass is 582 g/mol. The minimum absolute atomic E-state index is 1.23. The molecule has 0 radical (unpaired) electrons. The fraction of sp³-hybridized carbons (Fsp3) is 0. The van der Waals surface area contributed by atoms with Crippen molar-refractivity contribution >= 4 is 43.1 Å². The molecule has 0 aliphatic rings. The third-order valence-electron chi connectivity index (χ3n) is 9.46. The number of benzene rings is 9. The van der Waals surface area contributed by atoms with Gasteiger partial charge in [0.15, 0.2) is 0 Å². The van der Waals surface area contributed by atoms with Crippen LogP contribution in [-0.2, 0) is 0 Å². The highest BCUT2D eigenvalue weighted by Crippen LogP contribution is 2.49. The predicted octanol–water partition coefficient (Wildman–Crippen LogP) is 13.0. The van der Waals surface area contributed by atoms with E-state index in [1.165, 1.54) is 87.6 Å². The summed E-state index contributed by atoms with van der Waals surface area (Å²) in [6.45, 7) is 0. The van der Waals surface area contributed by atoms with Crippen LogP contribution in [0.25, 0.3) is 87.6 Å². The molecule has 0 nitrogen and oxygen atoms in total. The molecule has 9 aromatic carbocycles. The maximum Gasteiger partial charge on any atom is -0.00139 e. The molecule has 46 heavy (non-hydrogen) atoms. The van der Waals surface area contributed by atoms with E-state index in [9.17, 15) is 0 Å². The van der Waals surface area contributed by atoms with E-state index in [4.69, 9.17) is 0 Å². The van der Waals surface area contributed by atoms with Crippen LogP contribution in [-0.4, -0.2) is 0 Å². The minimum Gasteiger partial charge on any atom is -0.0622 e. The summed E-state index contributed by atoms with van der Waals surface area (Å²) >= 11 is 0. The van der Waals surface area contributed by atoms with E-state index >= 15 is 0 Å². The van der Waals surface area contributed by atoms with Gasteiger partial charge in [0.2, 0.25) is 0 Å². The summed E-state index contributed by atoms with van der Waals surface area (Å²) < 4.78 is 0. The van der Waals surface area contributed by atoms with Gasteiger partial charge >= 0.3 is 0 Å². The first-order valence-electron chi connectivity index (χ1n) is 16.0. The highest BCUT2D eigenvalue weighted by Gasteiger charge is 2.22. The van der Waals surface area contributed by atoms with Crippen molar-refractivity contribution in [2.75, 3.05) is 0 Å². The molecule has 0 atom stereocenters. The molecule has 9 aromatic rings. The molecule has 0 heterocycles. The number of rotatable bonds is 4. The Morgan fingerprint density at radius 3 is 0.717 bits per heavy atom. The lowest BCUT2D eigenvalue weighted by atomic mass is 9.81. The molecule has 0 N–H and O–H groups in total. The Labute approximate surface area is 268 Å². The van der Waals surface area contributed by atoms with Crippen LogP contribution in [0, 0.1) is 0 Å². The van der Waals surface area contributed by atoms with Crippen molar-refractivity contribution < 1.29 is 0 Å². The molecule has 0 spiro atoms. The van der Waals surface area contributed by atoms with Gasteiger partial charge < -0.3 is 0 Å². The van der Waals surface area contributed by atoms with Crippen LogP contribution < -0.4 is 0 Å². The maximum atomic E-state index is 2.31. The summed E-state index contributed by atoms with van der Waals surface area (Å²) in [7, 11) is 0. The summed E-state index contributed by atoms with van der Waals surface area (Å²) in [4.78, 5) is 0. The molecule has 0 fully saturated rings. The van der Waals surface area contributed by atoms with Gasteiger partial charge in [0, 0.05) is 0 Å². The van der Waals surface area contributed by atoms with Gasteiger partial charge in [-0.15, -0.1) is 0 Å². The first-order chi connectivity index (χ1) is 22.9. The van der Waals surface area contributed by atoms with E-state index in [0.717, 1.165) is 0 Å². The van der Waals surface area contributed by atoms with Crippen molar-refractivity contribution in [2.45, 2.75) is 0 Å². The smallest absolute Gasteiger partial charge is 0.00139 e. The van der Waals surface area contributed by atoms with Crippen LogP contribution in [0.5, 0.6) is 0 Å². The second kappa shape index (κ2) is 10.9. The molecular weight excluding hydrogens is 553 g/mol. The molecule has 214 valence electrons. The van der Waals surface area contributed by atoms with Crippen LogP contribution in [0.3, 0.4) is 0 Å². The summed E-state index contributed by atoms with van der Waals surface area (Å²) in [5.74, 6) is 0. The van der Waals surface area contributed by atoms with Crippen molar-refractivity contribution in [1.82, 2.24) is 0 Å². The molecular formula is C46H30. The Morgan fingerprint density at radius 2 is 0.370 bits per heavy atom. The van der Waals surface area contributed by atoms with E-state index in [1.54, 1.807) is 0 Å². The molecule has 9 rings (SSSR count). The second-order valence-electron chi connectivity index (χ2n) is 12.0. The lowest BCUT2D eigenvalue weighted by molar-refractivity contribution is 1.61. The van der Waals surface area contributed by atoms with Gasteiger partial charge in [-0.25, -0.2) is 0 Å². The Hall–Kier alpha value is -5.98. The average Bonchev–Trinajstić information content (AvgIpc) is 3.14. The lowest BCUT2D eigenvalue weighted by Crippen LogP contribution is -1.94. The maximum absolute atomic E-state index is 2.31. The number of hydrogen-bond acceptors (Lipinski definition) is 0. The van der Waals surface area contributed by atoms with E-state index in [2.05, 4.69) is 182 Å². The zero-order chi connectivity index (χ0) is 30.5. The summed E-state index contributed by atoms with van der Waals surface area (Å²) in [6, 6.07) is 66.4. The van der Waals surface area contributed by atoms with Gasteiger partial charge in [0.25, 0.3) is 0 Å². The van der Waals surface area contributed by atoms with Gasteiger partial charge in [-0.05, 0) is 87.6 Å². The van der Waals surface area contributed by atoms with E-state index < -0.39 is 0 Å². The predicted molar refractivity (Wildman–Crippen MR) is 198 cm³/mol. The molecule has 0 aliphatic carbocycles. The van der Waals surface area contributed by atoms with Crippen LogP contribution in [0.2, 0.25) is 0 Å². The Bertz CT molecular complexity index is 2430. The zero-order valence-corrected chi connectivity index (χ0v) is 25.3. The Morgan fingerprint density at radius 1 is 0.152 bits per heavy atom. The fourth-order valence-corrected chi connectivity index (χ4v) is 7.48. The molecule has 0 aromatic heterocycles. The summed E-state index contributed by atoms with van der Waals surface area (Å²) in [5.41, 5.74) is 10.1.